The molecule has 13 heteroatoms. The molecule has 0 spiro atoms. The van der Waals surface area contributed by atoms with Crippen LogP contribution < -0.4 is 16.4 Å². The zero-order chi connectivity index (χ0) is 35.2. The van der Waals surface area contributed by atoms with Crippen LogP contribution in [0.15, 0.2) is 69.6 Å². The predicted molar refractivity (Wildman–Crippen MR) is 205 cm³/mol. The smallest absolute Gasteiger partial charge is 0.397 e. The molecule has 50 heavy (non-hydrogen) atoms. The topological polar surface area (TPSA) is 121 Å². The Bertz CT molecular complexity index is 1780. The Hall–Kier alpha value is -3.65. The lowest BCUT2D eigenvalue weighted by molar-refractivity contribution is -0.120. The second-order valence-corrected chi connectivity index (χ2v) is 15.1. The van der Waals surface area contributed by atoms with Gasteiger partial charge in [0.15, 0.2) is 0 Å². The average molecular weight is 811 g/mol. The van der Waals surface area contributed by atoms with E-state index < -0.39 is 12.1 Å². The summed E-state index contributed by atoms with van der Waals surface area (Å²) in [7, 11) is 4.20. The molecule has 1 fully saturated rings. The summed E-state index contributed by atoms with van der Waals surface area (Å²) >= 11 is 7.17. The van der Waals surface area contributed by atoms with Gasteiger partial charge in [0.1, 0.15) is 5.82 Å². The summed E-state index contributed by atoms with van der Waals surface area (Å²) < 4.78 is 3.80. The Morgan fingerprint density at radius 1 is 1.04 bits per heavy atom. The number of aryl methyl sites for hydroxylation is 1. The minimum atomic E-state index is -0.533. The summed E-state index contributed by atoms with van der Waals surface area (Å²) in [6.45, 7) is 3.55. The molecule has 0 aliphatic carbocycles. The van der Waals surface area contributed by atoms with Crippen molar-refractivity contribution in [2.45, 2.75) is 63.6 Å². The molecule has 4 N–H and O–H groups in total. The number of amides is 3. The summed E-state index contributed by atoms with van der Waals surface area (Å²) in [6, 6.07) is 19.6. The first-order chi connectivity index (χ1) is 24.2. The number of rotatable bonds is 12. The molecular formula is C37H46Br2N8O3. The van der Waals surface area contributed by atoms with E-state index in [2.05, 4.69) is 78.2 Å². The van der Waals surface area contributed by atoms with Crippen molar-refractivity contribution in [1.82, 2.24) is 29.7 Å². The fourth-order valence-electron chi connectivity index (χ4n) is 6.94. The molecule has 1 atom stereocenters. The van der Waals surface area contributed by atoms with Crippen LogP contribution in [0.3, 0.4) is 0 Å². The van der Waals surface area contributed by atoms with Crippen LogP contribution in [0.2, 0.25) is 0 Å². The number of hydrogen-bond acceptors (Lipinski definition) is 7. The monoisotopic (exact) mass is 808 g/mol. The summed E-state index contributed by atoms with van der Waals surface area (Å²) in [6.07, 6.45) is 5.35. The number of anilines is 2. The molecule has 3 aromatic carbocycles. The van der Waals surface area contributed by atoms with E-state index in [4.69, 9.17) is 15.6 Å². The Kier molecular flexibility index (Phi) is 12.0. The van der Waals surface area contributed by atoms with Crippen molar-refractivity contribution in [3.05, 3.63) is 86.6 Å². The van der Waals surface area contributed by atoms with Gasteiger partial charge in [-0.15, -0.1) is 5.06 Å². The van der Waals surface area contributed by atoms with Crippen LogP contribution in [0.4, 0.5) is 21.0 Å². The van der Waals surface area contributed by atoms with Crippen LogP contribution in [0.5, 0.6) is 0 Å². The first-order valence-corrected chi connectivity index (χ1v) is 19.0. The zero-order valence-corrected chi connectivity index (χ0v) is 31.9. The van der Waals surface area contributed by atoms with Gasteiger partial charge in [0.05, 0.1) is 22.8 Å². The highest BCUT2D eigenvalue weighted by molar-refractivity contribution is 9.11. The number of nitrogens with two attached hydrogens (primary N) is 1. The van der Waals surface area contributed by atoms with Crippen molar-refractivity contribution < 1.29 is 14.4 Å². The number of nitrogens with one attached hydrogen (secondary N) is 2. The fraction of sp³-hybridized carbons (Fsp3) is 0.432. The van der Waals surface area contributed by atoms with Crippen molar-refractivity contribution in [3.63, 3.8) is 0 Å². The van der Waals surface area contributed by atoms with Crippen LogP contribution >= 0.6 is 31.9 Å². The standard InChI is InChI=1S/C37H46Br2N8O3/c1-44(2)17-8-3-9-18-47-33-13-7-6-12-31(33)41-35(47)32(24-25-22-28(38)34(40)29(39)23-25)43-37(49)50-45-19-15-27(16-20-45)46-21-14-26-10-4-5-11-30(26)42-36(46)48/h4-7,10-13,22-23,27,32H,3,8-9,14-21,24,40H2,1-2H3,(H,42,48)(H,43,49)/t32-/m1/s1. The van der Waals surface area contributed by atoms with Crippen molar-refractivity contribution in [1.29, 1.82) is 0 Å². The molecule has 0 radical (unpaired) electrons. The maximum absolute atomic E-state index is 13.6. The minimum absolute atomic E-state index is 0.0695. The maximum atomic E-state index is 13.6. The first-order valence-electron chi connectivity index (χ1n) is 17.4. The molecule has 6 rings (SSSR count). The second kappa shape index (κ2) is 16.6. The number of aromatic nitrogens is 2. The highest BCUT2D eigenvalue weighted by Crippen LogP contribution is 2.32. The lowest BCUT2D eigenvalue weighted by Gasteiger charge is -2.37. The molecule has 2 aliphatic rings. The molecule has 3 heterocycles. The largest absolute Gasteiger partial charge is 0.426 e. The normalized spacial score (nSPS) is 16.3. The third-order valence-corrected chi connectivity index (χ3v) is 10.9. The molecule has 3 amide bonds. The predicted octanol–water partition coefficient (Wildman–Crippen LogP) is 7.36. The van der Waals surface area contributed by atoms with Gasteiger partial charge in [-0.25, -0.2) is 14.6 Å². The van der Waals surface area contributed by atoms with E-state index in [9.17, 15) is 9.59 Å². The Labute approximate surface area is 310 Å². The number of imidazole rings is 1. The quantitative estimate of drug-likeness (QED) is 0.101. The molecule has 1 aromatic heterocycles. The van der Waals surface area contributed by atoms with E-state index in [1.807, 2.05) is 53.4 Å². The van der Waals surface area contributed by atoms with E-state index in [1.165, 1.54) is 0 Å². The van der Waals surface area contributed by atoms with Gasteiger partial charge >= 0.3 is 12.1 Å². The number of benzene rings is 3. The molecule has 266 valence electrons. The number of urea groups is 1. The number of halogens is 2. The first kappa shape index (κ1) is 36.2. The summed E-state index contributed by atoms with van der Waals surface area (Å²) in [5, 5.41) is 7.95. The van der Waals surface area contributed by atoms with E-state index >= 15 is 0 Å². The molecule has 0 unspecified atom stereocenters. The van der Waals surface area contributed by atoms with Crippen LogP contribution in [-0.2, 0) is 24.2 Å². The zero-order valence-electron chi connectivity index (χ0n) is 28.7. The van der Waals surface area contributed by atoms with Gasteiger partial charge in [0.2, 0.25) is 0 Å². The van der Waals surface area contributed by atoms with Crippen LogP contribution in [0.25, 0.3) is 11.0 Å². The van der Waals surface area contributed by atoms with E-state index in [0.717, 1.165) is 81.4 Å². The maximum Gasteiger partial charge on any atom is 0.426 e. The number of hydrogen-bond donors (Lipinski definition) is 3. The summed E-state index contributed by atoms with van der Waals surface area (Å²) in [4.78, 5) is 41.9. The van der Waals surface area contributed by atoms with Gasteiger partial charge in [-0.1, -0.05) is 36.8 Å². The Morgan fingerprint density at radius 2 is 1.76 bits per heavy atom. The Balaban J connectivity index is 1.15. The molecule has 1 saturated heterocycles. The van der Waals surface area contributed by atoms with Crippen molar-refractivity contribution >= 4 is 66.4 Å². The van der Waals surface area contributed by atoms with Crippen LogP contribution in [-0.4, -0.2) is 82.9 Å². The number of unbranched alkanes of at least 4 members (excludes halogenated alkanes) is 2. The second-order valence-electron chi connectivity index (χ2n) is 13.4. The van der Waals surface area contributed by atoms with E-state index in [-0.39, 0.29) is 12.1 Å². The molecule has 2 aliphatic heterocycles. The molecule has 4 aromatic rings. The third-order valence-electron chi connectivity index (χ3n) is 9.57. The number of carbonyl (C=O) groups is 2. The number of para-hydroxylation sites is 3. The SMILES string of the molecule is CN(C)CCCCCn1c([C@@H](Cc2cc(Br)c(N)c(Br)c2)NC(=O)ON2CCC(N3CCc4ccccc4NC3=O)CC2)nc2ccccc21. The van der Waals surface area contributed by atoms with Gasteiger partial charge in [0.25, 0.3) is 0 Å². The number of nitrogens with zero attached hydrogens (tertiary/aromatic N) is 5. The average Bonchev–Trinajstić information content (AvgIpc) is 3.37. The highest BCUT2D eigenvalue weighted by atomic mass is 79.9. The van der Waals surface area contributed by atoms with Crippen LogP contribution in [0.1, 0.15) is 55.1 Å². The lowest BCUT2D eigenvalue weighted by atomic mass is 10.0. The van der Waals surface area contributed by atoms with Crippen molar-refractivity contribution in [2.75, 3.05) is 51.3 Å². The van der Waals surface area contributed by atoms with Crippen molar-refractivity contribution in [3.8, 4) is 0 Å². The van der Waals surface area contributed by atoms with E-state index in [0.29, 0.717) is 44.6 Å². The molecular weight excluding hydrogens is 764 g/mol. The molecule has 11 nitrogen and oxygen atoms in total. The number of fused-ring (bicyclic) bond motifs is 2. The van der Waals surface area contributed by atoms with Gasteiger partial charge in [-0.3, -0.25) is 0 Å². The van der Waals surface area contributed by atoms with Gasteiger partial charge in [0, 0.05) is 53.3 Å². The van der Waals surface area contributed by atoms with Gasteiger partial charge in [-0.05, 0) is 126 Å². The number of carbonyl (C=O) groups excluding carboxylic acids is 2. The van der Waals surface area contributed by atoms with E-state index in [1.54, 1.807) is 5.06 Å². The minimum Gasteiger partial charge on any atom is -0.397 e. The van der Waals surface area contributed by atoms with Gasteiger partial charge < -0.3 is 35.6 Å². The van der Waals surface area contributed by atoms with Crippen molar-refractivity contribution in [2.24, 2.45) is 0 Å². The number of piperidine rings is 1. The highest BCUT2D eigenvalue weighted by Gasteiger charge is 2.32. The summed E-state index contributed by atoms with van der Waals surface area (Å²) in [5.74, 6) is 0.784. The summed E-state index contributed by atoms with van der Waals surface area (Å²) in [5.41, 5.74) is 11.8. The molecule has 0 saturated carbocycles. The molecule has 0 bridgehead atoms. The van der Waals surface area contributed by atoms with Gasteiger partial charge in [-0.2, -0.15) is 0 Å². The number of hydroxylamine groups is 2. The number of nitrogen functional groups attached to an aromatic ring is 1. The Morgan fingerprint density at radius 3 is 2.52 bits per heavy atom. The van der Waals surface area contributed by atoms with Crippen LogP contribution in [0, 0.1) is 0 Å². The fourth-order valence-corrected chi connectivity index (χ4v) is 8.22. The third kappa shape index (κ3) is 8.79. The lowest BCUT2D eigenvalue weighted by Crippen LogP contribution is -2.49.